The van der Waals surface area contributed by atoms with E-state index in [1.54, 1.807) is 30.3 Å². The van der Waals surface area contributed by atoms with E-state index in [9.17, 15) is 9.59 Å². The molecule has 0 saturated heterocycles. The molecule has 1 atom stereocenters. The smallest absolute Gasteiger partial charge is 0.330 e. The van der Waals surface area contributed by atoms with Crippen LogP contribution in [-0.4, -0.2) is 28.0 Å². The normalized spacial score (nSPS) is 12.2. The monoisotopic (exact) mass is 267 g/mol. The van der Waals surface area contributed by atoms with Crippen LogP contribution in [0.1, 0.15) is 25.5 Å². The van der Waals surface area contributed by atoms with Gasteiger partial charge < -0.3 is 10.4 Å². The summed E-state index contributed by atoms with van der Waals surface area (Å²) in [5.41, 5.74) is 0.577. The largest absolute Gasteiger partial charge is 0.479 e. The molecule has 1 rings (SSSR count). The van der Waals surface area contributed by atoms with Crippen molar-refractivity contribution in [3.05, 3.63) is 35.9 Å². The van der Waals surface area contributed by atoms with Crippen molar-refractivity contribution < 1.29 is 14.7 Å². The Labute approximate surface area is 111 Å². The van der Waals surface area contributed by atoms with Gasteiger partial charge in [0.25, 0.3) is 0 Å². The highest BCUT2D eigenvalue weighted by Gasteiger charge is 2.21. The van der Waals surface area contributed by atoms with E-state index in [0.29, 0.717) is 10.8 Å². The molecule has 0 fully saturated rings. The van der Waals surface area contributed by atoms with Crippen molar-refractivity contribution in [2.75, 3.05) is 5.75 Å². The first-order chi connectivity index (χ1) is 8.50. The van der Waals surface area contributed by atoms with Gasteiger partial charge in [-0.15, -0.1) is 11.8 Å². The van der Waals surface area contributed by atoms with Gasteiger partial charge in [-0.2, -0.15) is 0 Å². The van der Waals surface area contributed by atoms with E-state index >= 15 is 0 Å². The van der Waals surface area contributed by atoms with Crippen LogP contribution in [0.4, 0.5) is 0 Å². The minimum atomic E-state index is -1.05. The zero-order chi connectivity index (χ0) is 13.5. The van der Waals surface area contributed by atoms with Crippen LogP contribution in [0.25, 0.3) is 0 Å². The van der Waals surface area contributed by atoms with Crippen LogP contribution in [0.3, 0.4) is 0 Å². The second kappa shape index (κ2) is 7.06. The molecular weight excluding hydrogens is 250 g/mol. The highest BCUT2D eigenvalue weighted by atomic mass is 32.2. The average molecular weight is 267 g/mol. The first kappa shape index (κ1) is 14.6. The van der Waals surface area contributed by atoms with E-state index in [0.717, 1.165) is 0 Å². The number of nitrogens with one attached hydrogen (secondary N) is 1. The molecule has 2 N–H and O–H groups in total. The van der Waals surface area contributed by atoms with Crippen molar-refractivity contribution in [3.63, 3.8) is 0 Å². The van der Waals surface area contributed by atoms with Gasteiger partial charge in [0.05, 0.1) is 5.75 Å². The summed E-state index contributed by atoms with van der Waals surface area (Å²) >= 11 is 1.48. The topological polar surface area (TPSA) is 66.4 Å². The molecule has 0 spiro atoms. The van der Waals surface area contributed by atoms with Crippen LogP contribution in [0, 0.1) is 0 Å². The Kier molecular flexibility index (Phi) is 5.71. The van der Waals surface area contributed by atoms with Crippen LogP contribution in [0.2, 0.25) is 0 Å². The van der Waals surface area contributed by atoms with Gasteiger partial charge in [0.15, 0.2) is 6.04 Å². The van der Waals surface area contributed by atoms with Crippen LogP contribution in [-0.2, 0) is 9.59 Å². The van der Waals surface area contributed by atoms with Crippen molar-refractivity contribution in [1.82, 2.24) is 5.32 Å². The lowest BCUT2D eigenvalue weighted by Crippen LogP contribution is -2.35. The predicted octanol–water partition coefficient (Wildman–Crippen LogP) is 2.07. The zero-order valence-electron chi connectivity index (χ0n) is 10.4. The third-order valence-electron chi connectivity index (χ3n) is 2.23. The van der Waals surface area contributed by atoms with Crippen LogP contribution in [0.15, 0.2) is 30.3 Å². The molecule has 98 valence electrons. The number of benzene rings is 1. The number of rotatable bonds is 6. The summed E-state index contributed by atoms with van der Waals surface area (Å²) in [6, 6.07) is 7.70. The highest BCUT2D eigenvalue weighted by molar-refractivity contribution is 8.00. The number of thioether (sulfide) groups is 1. The van der Waals surface area contributed by atoms with Gasteiger partial charge >= 0.3 is 5.97 Å². The molecule has 18 heavy (non-hydrogen) atoms. The Morgan fingerprint density at radius 3 is 2.39 bits per heavy atom. The van der Waals surface area contributed by atoms with Crippen LogP contribution in [0.5, 0.6) is 0 Å². The first-order valence-corrected chi connectivity index (χ1v) is 6.74. The van der Waals surface area contributed by atoms with Crippen molar-refractivity contribution in [2.45, 2.75) is 25.1 Å². The fourth-order valence-electron chi connectivity index (χ4n) is 1.38. The number of hydrogen-bond acceptors (Lipinski definition) is 3. The summed E-state index contributed by atoms with van der Waals surface area (Å²) in [5, 5.41) is 12.0. The standard InChI is InChI=1S/C13H17NO3S/c1-9(2)18-8-11(15)14-12(13(16)17)10-6-4-3-5-7-10/h3-7,9,12H,8H2,1-2H3,(H,14,15)(H,16,17)/t12-/m0/s1. The van der Waals surface area contributed by atoms with Gasteiger partial charge in [-0.1, -0.05) is 44.2 Å². The number of amides is 1. The summed E-state index contributed by atoms with van der Waals surface area (Å²) in [5.74, 6) is -1.04. The van der Waals surface area contributed by atoms with E-state index in [1.807, 2.05) is 13.8 Å². The molecular formula is C13H17NO3S. The Hall–Kier alpha value is -1.49. The maximum atomic E-state index is 11.6. The lowest BCUT2D eigenvalue weighted by Gasteiger charge is -2.15. The molecule has 0 radical (unpaired) electrons. The Morgan fingerprint density at radius 1 is 1.28 bits per heavy atom. The quantitative estimate of drug-likeness (QED) is 0.828. The number of carbonyl (C=O) groups excluding carboxylic acids is 1. The second-order valence-electron chi connectivity index (χ2n) is 4.11. The molecule has 5 heteroatoms. The number of hydrogen-bond donors (Lipinski definition) is 2. The molecule has 0 aliphatic carbocycles. The molecule has 0 bridgehead atoms. The summed E-state index contributed by atoms with van der Waals surface area (Å²) in [4.78, 5) is 22.8. The number of carbonyl (C=O) groups is 2. The lowest BCUT2D eigenvalue weighted by atomic mass is 10.1. The second-order valence-corrected chi connectivity index (χ2v) is 5.67. The lowest BCUT2D eigenvalue weighted by molar-refractivity contribution is -0.141. The molecule has 0 aliphatic rings. The van der Waals surface area contributed by atoms with Gasteiger partial charge in [-0.05, 0) is 10.8 Å². The molecule has 1 amide bonds. The molecule has 0 unspecified atom stereocenters. The highest BCUT2D eigenvalue weighted by Crippen LogP contribution is 2.14. The molecule has 1 aromatic carbocycles. The van der Waals surface area contributed by atoms with Crippen molar-refractivity contribution in [3.8, 4) is 0 Å². The maximum Gasteiger partial charge on any atom is 0.330 e. The maximum absolute atomic E-state index is 11.6. The summed E-state index contributed by atoms with van der Waals surface area (Å²) in [7, 11) is 0. The molecule has 0 aromatic heterocycles. The van der Waals surface area contributed by atoms with Crippen molar-refractivity contribution in [1.29, 1.82) is 0 Å². The van der Waals surface area contributed by atoms with Crippen molar-refractivity contribution in [2.24, 2.45) is 0 Å². The minimum absolute atomic E-state index is 0.259. The summed E-state index contributed by atoms with van der Waals surface area (Å²) in [6.45, 7) is 3.98. The average Bonchev–Trinajstić information content (AvgIpc) is 2.34. The van der Waals surface area contributed by atoms with Gasteiger partial charge in [0, 0.05) is 0 Å². The van der Waals surface area contributed by atoms with E-state index in [-0.39, 0.29) is 11.7 Å². The Balaban J connectivity index is 2.65. The first-order valence-electron chi connectivity index (χ1n) is 5.69. The zero-order valence-corrected chi connectivity index (χ0v) is 11.2. The number of carboxylic acids is 1. The van der Waals surface area contributed by atoms with E-state index < -0.39 is 12.0 Å². The molecule has 0 heterocycles. The Morgan fingerprint density at radius 2 is 1.89 bits per heavy atom. The molecule has 1 aromatic rings. The Bertz CT molecular complexity index is 406. The summed E-state index contributed by atoms with van der Waals surface area (Å²) < 4.78 is 0. The van der Waals surface area contributed by atoms with Crippen LogP contribution >= 0.6 is 11.8 Å². The molecule has 0 aliphatic heterocycles. The third kappa shape index (κ3) is 4.79. The summed E-state index contributed by atoms with van der Waals surface area (Å²) in [6.07, 6.45) is 0. The van der Waals surface area contributed by atoms with Gasteiger partial charge in [0.2, 0.25) is 5.91 Å². The molecule has 4 nitrogen and oxygen atoms in total. The molecule has 0 saturated carbocycles. The fourth-order valence-corrected chi connectivity index (χ4v) is 1.95. The van der Waals surface area contributed by atoms with Gasteiger partial charge in [0.1, 0.15) is 0 Å². The SMILES string of the molecule is CC(C)SCC(=O)N[C@H](C(=O)O)c1ccccc1. The predicted molar refractivity (Wildman–Crippen MR) is 72.6 cm³/mol. The minimum Gasteiger partial charge on any atom is -0.479 e. The third-order valence-corrected chi connectivity index (χ3v) is 3.33. The van der Waals surface area contributed by atoms with Crippen molar-refractivity contribution >= 4 is 23.6 Å². The van der Waals surface area contributed by atoms with E-state index in [1.165, 1.54) is 11.8 Å². The number of carboxylic acid groups (broad SMARTS) is 1. The van der Waals surface area contributed by atoms with Gasteiger partial charge in [-0.3, -0.25) is 4.79 Å². The van der Waals surface area contributed by atoms with E-state index in [2.05, 4.69) is 5.32 Å². The van der Waals surface area contributed by atoms with Gasteiger partial charge in [-0.25, -0.2) is 4.79 Å². The van der Waals surface area contributed by atoms with Crippen LogP contribution < -0.4 is 5.32 Å². The number of aliphatic carboxylic acids is 1. The van der Waals surface area contributed by atoms with E-state index in [4.69, 9.17) is 5.11 Å². The fraction of sp³-hybridized carbons (Fsp3) is 0.385.